The van der Waals surface area contributed by atoms with E-state index >= 15 is 0 Å². The summed E-state index contributed by atoms with van der Waals surface area (Å²) in [5, 5.41) is 0.785. The van der Waals surface area contributed by atoms with Gasteiger partial charge >= 0.3 is 0 Å². The minimum Gasteiger partial charge on any atom is -0.368 e. The van der Waals surface area contributed by atoms with Crippen LogP contribution in [-0.4, -0.2) is 9.97 Å². The van der Waals surface area contributed by atoms with Crippen LogP contribution in [0.5, 0.6) is 0 Å². The van der Waals surface area contributed by atoms with Crippen LogP contribution in [0.2, 0.25) is 5.02 Å². The van der Waals surface area contributed by atoms with Crippen LogP contribution in [0.4, 0.5) is 5.95 Å². The van der Waals surface area contributed by atoms with E-state index in [1.54, 1.807) is 0 Å². The van der Waals surface area contributed by atoms with Crippen LogP contribution in [0.1, 0.15) is 34.7 Å². The molecule has 1 aliphatic rings. The fourth-order valence-electron chi connectivity index (χ4n) is 3.65. The molecule has 1 fully saturated rings. The van der Waals surface area contributed by atoms with E-state index in [1.807, 2.05) is 12.1 Å². The highest BCUT2D eigenvalue weighted by Gasteiger charge is 2.38. The van der Waals surface area contributed by atoms with Crippen LogP contribution in [-0.2, 0) is 6.42 Å². The van der Waals surface area contributed by atoms with Gasteiger partial charge in [0, 0.05) is 16.3 Å². The molecule has 0 saturated heterocycles. The Bertz CT molecular complexity index is 950. The summed E-state index contributed by atoms with van der Waals surface area (Å²) in [5.41, 5.74) is 12.9. The molecule has 0 radical (unpaired) electrons. The minimum absolute atomic E-state index is 0.349. The Morgan fingerprint density at radius 3 is 2.62 bits per heavy atom. The average molecular weight is 364 g/mol. The number of aryl methyl sites for hydroxylation is 1. The maximum atomic E-state index is 6.01. The first kappa shape index (κ1) is 17.0. The van der Waals surface area contributed by atoms with Gasteiger partial charge < -0.3 is 5.73 Å². The van der Waals surface area contributed by atoms with Crippen molar-refractivity contribution in [2.24, 2.45) is 5.92 Å². The highest BCUT2D eigenvalue weighted by molar-refractivity contribution is 6.30. The fraction of sp³-hybridized carbons (Fsp3) is 0.273. The van der Waals surface area contributed by atoms with Gasteiger partial charge in [-0.1, -0.05) is 41.9 Å². The molecule has 0 spiro atoms. The number of nitrogens with zero attached hydrogens (tertiary/aromatic N) is 2. The van der Waals surface area contributed by atoms with Gasteiger partial charge in [-0.05, 0) is 73.4 Å². The lowest BCUT2D eigenvalue weighted by molar-refractivity contribution is 0.771. The smallest absolute Gasteiger partial charge is 0.220 e. The molecule has 4 rings (SSSR count). The lowest BCUT2D eigenvalue weighted by atomic mass is 10.00. The van der Waals surface area contributed by atoms with E-state index in [1.165, 1.54) is 23.1 Å². The van der Waals surface area contributed by atoms with E-state index in [9.17, 15) is 0 Å². The van der Waals surface area contributed by atoms with Gasteiger partial charge in [0.05, 0.1) is 5.69 Å². The van der Waals surface area contributed by atoms with Crippen LogP contribution in [0.15, 0.2) is 48.5 Å². The second-order valence-electron chi connectivity index (χ2n) is 7.21. The molecule has 132 valence electrons. The standard InChI is InChI=1S/C22H22ClN3/c1-13-4-3-5-19(14(13)2)21-12-18(25-22(24)26-21)10-16-11-20(16)15-6-8-17(23)9-7-15/h3-9,12,16,20H,10-11H2,1-2H3,(H2,24,25,26). The Hall–Kier alpha value is -2.39. The lowest BCUT2D eigenvalue weighted by Crippen LogP contribution is -2.03. The van der Waals surface area contributed by atoms with Gasteiger partial charge in [0.1, 0.15) is 0 Å². The van der Waals surface area contributed by atoms with Gasteiger partial charge in [0.2, 0.25) is 5.95 Å². The summed E-state index contributed by atoms with van der Waals surface area (Å²) in [6.07, 6.45) is 2.11. The molecule has 1 heterocycles. The van der Waals surface area contributed by atoms with E-state index in [0.29, 0.717) is 17.8 Å². The van der Waals surface area contributed by atoms with Crippen molar-refractivity contribution < 1.29 is 0 Å². The molecule has 0 amide bonds. The third-order valence-electron chi connectivity index (χ3n) is 5.37. The van der Waals surface area contributed by atoms with Gasteiger partial charge in [0.15, 0.2) is 0 Å². The number of nitrogens with two attached hydrogens (primary N) is 1. The number of hydrogen-bond donors (Lipinski definition) is 1. The zero-order valence-corrected chi connectivity index (χ0v) is 15.8. The van der Waals surface area contributed by atoms with Crippen LogP contribution < -0.4 is 5.73 Å². The first-order chi connectivity index (χ1) is 12.5. The van der Waals surface area contributed by atoms with Crippen LogP contribution in [0.25, 0.3) is 11.3 Å². The summed E-state index contributed by atoms with van der Waals surface area (Å²) in [7, 11) is 0. The van der Waals surface area contributed by atoms with Gasteiger partial charge in [-0.2, -0.15) is 0 Å². The molecule has 2 unspecified atom stereocenters. The molecule has 0 bridgehead atoms. The predicted molar refractivity (Wildman–Crippen MR) is 107 cm³/mol. The van der Waals surface area contributed by atoms with E-state index in [-0.39, 0.29) is 0 Å². The number of anilines is 1. The molecule has 4 heteroatoms. The normalized spacial score (nSPS) is 18.7. The third-order valence-corrected chi connectivity index (χ3v) is 5.62. The molecule has 26 heavy (non-hydrogen) atoms. The molecular formula is C22H22ClN3. The number of halogens is 1. The van der Waals surface area contributed by atoms with Gasteiger partial charge in [-0.25, -0.2) is 9.97 Å². The molecule has 1 saturated carbocycles. The molecular weight excluding hydrogens is 342 g/mol. The van der Waals surface area contributed by atoms with Gasteiger partial charge in [-0.3, -0.25) is 0 Å². The second kappa shape index (κ2) is 6.73. The Kier molecular flexibility index (Phi) is 4.41. The summed E-state index contributed by atoms with van der Waals surface area (Å²) in [6.45, 7) is 4.24. The molecule has 1 aliphatic carbocycles. The van der Waals surface area contributed by atoms with Crippen molar-refractivity contribution in [1.29, 1.82) is 0 Å². The summed E-state index contributed by atoms with van der Waals surface area (Å²) in [5.74, 6) is 1.55. The van der Waals surface area contributed by atoms with Crippen LogP contribution in [0, 0.1) is 19.8 Å². The largest absolute Gasteiger partial charge is 0.368 e. The summed E-state index contributed by atoms with van der Waals surface area (Å²) in [4.78, 5) is 8.95. The van der Waals surface area contributed by atoms with Crippen molar-refractivity contribution in [1.82, 2.24) is 9.97 Å². The average Bonchev–Trinajstić information content (AvgIpc) is 3.36. The van der Waals surface area contributed by atoms with Crippen molar-refractivity contribution in [3.8, 4) is 11.3 Å². The number of nitrogen functional groups attached to an aromatic ring is 1. The molecule has 3 nitrogen and oxygen atoms in total. The Morgan fingerprint density at radius 1 is 1.08 bits per heavy atom. The zero-order valence-electron chi connectivity index (χ0n) is 15.0. The van der Waals surface area contributed by atoms with Gasteiger partial charge in [0.25, 0.3) is 0 Å². The molecule has 2 aromatic carbocycles. The Labute approximate surface area is 159 Å². The second-order valence-corrected chi connectivity index (χ2v) is 7.64. The highest BCUT2D eigenvalue weighted by atomic mass is 35.5. The third kappa shape index (κ3) is 3.45. The van der Waals surface area contributed by atoms with Crippen molar-refractivity contribution in [2.45, 2.75) is 32.6 Å². The van der Waals surface area contributed by atoms with E-state index < -0.39 is 0 Å². The monoisotopic (exact) mass is 363 g/mol. The van der Waals surface area contributed by atoms with Crippen molar-refractivity contribution in [3.63, 3.8) is 0 Å². The maximum Gasteiger partial charge on any atom is 0.220 e. The Morgan fingerprint density at radius 2 is 1.85 bits per heavy atom. The first-order valence-electron chi connectivity index (χ1n) is 8.97. The molecule has 3 aromatic rings. The number of hydrogen-bond acceptors (Lipinski definition) is 3. The van der Waals surface area contributed by atoms with E-state index in [4.69, 9.17) is 17.3 Å². The topological polar surface area (TPSA) is 51.8 Å². The summed E-state index contributed by atoms with van der Waals surface area (Å²) in [6, 6.07) is 16.6. The fourth-order valence-corrected chi connectivity index (χ4v) is 3.78. The Balaban J connectivity index is 1.56. The maximum absolute atomic E-state index is 6.01. The highest BCUT2D eigenvalue weighted by Crippen LogP contribution is 2.49. The quantitative estimate of drug-likeness (QED) is 0.680. The minimum atomic E-state index is 0.349. The number of aromatic nitrogens is 2. The molecule has 2 atom stereocenters. The molecule has 2 N–H and O–H groups in total. The SMILES string of the molecule is Cc1cccc(-c2cc(CC3CC3c3ccc(Cl)cc3)nc(N)n2)c1C. The lowest BCUT2D eigenvalue weighted by Gasteiger charge is -2.10. The molecule has 0 aliphatic heterocycles. The first-order valence-corrected chi connectivity index (χ1v) is 9.34. The summed E-state index contributed by atoms with van der Waals surface area (Å²) >= 11 is 5.99. The number of benzene rings is 2. The summed E-state index contributed by atoms with van der Waals surface area (Å²) < 4.78 is 0. The van der Waals surface area contributed by atoms with Crippen LogP contribution in [0.3, 0.4) is 0 Å². The van der Waals surface area contributed by atoms with Crippen molar-refractivity contribution >= 4 is 17.5 Å². The van der Waals surface area contributed by atoms with Crippen molar-refractivity contribution in [2.75, 3.05) is 5.73 Å². The predicted octanol–water partition coefficient (Wildman–Crippen LogP) is 5.34. The molecule has 1 aromatic heterocycles. The van der Waals surface area contributed by atoms with Gasteiger partial charge in [-0.15, -0.1) is 0 Å². The number of rotatable bonds is 4. The van der Waals surface area contributed by atoms with E-state index in [2.05, 4.69) is 60.2 Å². The van der Waals surface area contributed by atoms with Crippen LogP contribution >= 0.6 is 11.6 Å². The zero-order chi connectivity index (χ0) is 18.3. The van der Waals surface area contributed by atoms with Crippen molar-refractivity contribution in [3.05, 3.63) is 75.9 Å². The van der Waals surface area contributed by atoms with E-state index in [0.717, 1.165) is 28.4 Å².